The Morgan fingerprint density at radius 1 is 1.08 bits per heavy atom. The SMILES string of the molecule is CCc1c(F)ccc2cc(O)cc(-c3nc4c5c(nc(OCC6(CN7C[C@@H]8C[C@H]7CO8)CC6)nc5c3F)N3C[C@H]5CC[C@H](N5)[C@@H]3CO4)c12. The second-order valence-corrected chi connectivity index (χ2v) is 14.7. The summed E-state index contributed by atoms with van der Waals surface area (Å²) in [6.45, 7) is 6.06. The van der Waals surface area contributed by atoms with Crippen LogP contribution in [0.1, 0.15) is 44.6 Å². The molecule has 250 valence electrons. The summed E-state index contributed by atoms with van der Waals surface area (Å²) in [5, 5.41) is 15.9. The van der Waals surface area contributed by atoms with Gasteiger partial charge in [-0.25, -0.2) is 13.8 Å². The van der Waals surface area contributed by atoms with Crippen molar-refractivity contribution < 1.29 is 28.1 Å². The van der Waals surface area contributed by atoms with Crippen molar-refractivity contribution in [3.8, 4) is 28.9 Å². The monoisotopic (exact) mass is 656 g/mol. The van der Waals surface area contributed by atoms with Gasteiger partial charge in [0, 0.05) is 48.7 Å². The average Bonchev–Trinajstić information content (AvgIpc) is 3.35. The van der Waals surface area contributed by atoms with E-state index in [1.807, 2.05) is 6.92 Å². The fourth-order valence-electron chi connectivity index (χ4n) is 9.04. The molecule has 12 heteroatoms. The Hall–Kier alpha value is -3.87. The van der Waals surface area contributed by atoms with Crippen molar-refractivity contribution in [1.29, 1.82) is 0 Å². The van der Waals surface area contributed by atoms with Crippen LogP contribution >= 0.6 is 0 Å². The number of nitrogens with one attached hydrogen (secondary N) is 1. The van der Waals surface area contributed by atoms with Crippen molar-refractivity contribution in [2.45, 2.75) is 75.7 Å². The van der Waals surface area contributed by atoms with E-state index >= 15 is 8.78 Å². The molecule has 10 nitrogen and oxygen atoms in total. The molecule has 4 bridgehead atoms. The summed E-state index contributed by atoms with van der Waals surface area (Å²) in [5.41, 5.74) is 0.719. The van der Waals surface area contributed by atoms with Crippen LogP contribution in [0, 0.1) is 17.0 Å². The maximum absolute atomic E-state index is 17.1. The lowest BCUT2D eigenvalue weighted by Gasteiger charge is -2.40. The normalized spacial score (nSPS) is 28.1. The van der Waals surface area contributed by atoms with Crippen molar-refractivity contribution in [3.63, 3.8) is 0 Å². The van der Waals surface area contributed by atoms with Crippen LogP contribution in [-0.4, -0.2) is 94.7 Å². The molecular formula is C36H38F2N6O4. The Morgan fingerprint density at radius 2 is 1.98 bits per heavy atom. The molecule has 0 amide bonds. The minimum atomic E-state index is -0.685. The van der Waals surface area contributed by atoms with Crippen LogP contribution in [0.3, 0.4) is 0 Å². The summed E-state index contributed by atoms with van der Waals surface area (Å²) in [4.78, 5) is 19.2. The number of pyridine rings is 1. The molecule has 7 heterocycles. The van der Waals surface area contributed by atoms with Crippen LogP contribution < -0.4 is 19.7 Å². The number of benzene rings is 2. The summed E-state index contributed by atoms with van der Waals surface area (Å²) in [6, 6.07) is 7.06. The van der Waals surface area contributed by atoms with Crippen LogP contribution in [0.15, 0.2) is 24.3 Å². The van der Waals surface area contributed by atoms with Gasteiger partial charge in [0.1, 0.15) is 40.6 Å². The first-order chi connectivity index (χ1) is 23.4. The Balaban J connectivity index is 1.11. The number of ether oxygens (including phenoxy) is 3. The van der Waals surface area contributed by atoms with E-state index in [0.717, 1.165) is 51.8 Å². The number of fused-ring (bicyclic) bond motifs is 8. The number of hydrogen-bond acceptors (Lipinski definition) is 10. The number of aromatic nitrogens is 3. The lowest BCUT2D eigenvalue weighted by atomic mass is 9.94. The van der Waals surface area contributed by atoms with E-state index in [1.165, 1.54) is 12.1 Å². The molecule has 5 fully saturated rings. The first kappa shape index (κ1) is 29.1. The number of halogens is 2. The van der Waals surface area contributed by atoms with E-state index in [9.17, 15) is 5.11 Å². The van der Waals surface area contributed by atoms with Crippen LogP contribution in [0.4, 0.5) is 14.6 Å². The van der Waals surface area contributed by atoms with E-state index < -0.39 is 11.6 Å². The fourth-order valence-corrected chi connectivity index (χ4v) is 9.04. The Morgan fingerprint density at radius 3 is 2.77 bits per heavy atom. The molecule has 0 spiro atoms. The molecule has 1 aliphatic carbocycles. The van der Waals surface area contributed by atoms with E-state index in [0.29, 0.717) is 71.9 Å². The molecule has 4 saturated heterocycles. The zero-order valence-corrected chi connectivity index (χ0v) is 26.8. The number of nitrogens with zero attached hydrogens (tertiary/aromatic N) is 5. The Labute approximate surface area is 276 Å². The van der Waals surface area contributed by atoms with E-state index in [2.05, 4.69) is 15.1 Å². The second kappa shape index (κ2) is 10.6. The summed E-state index contributed by atoms with van der Waals surface area (Å²) in [7, 11) is 0. The molecule has 5 aliphatic heterocycles. The summed E-state index contributed by atoms with van der Waals surface area (Å²) in [5.74, 6) is -0.350. The highest BCUT2D eigenvalue weighted by Crippen LogP contribution is 2.49. The highest BCUT2D eigenvalue weighted by atomic mass is 19.1. The molecule has 4 aromatic rings. The van der Waals surface area contributed by atoms with Gasteiger partial charge in [0.05, 0.1) is 25.4 Å². The van der Waals surface area contributed by atoms with Gasteiger partial charge < -0.3 is 29.5 Å². The van der Waals surface area contributed by atoms with Gasteiger partial charge in [0.15, 0.2) is 5.82 Å². The van der Waals surface area contributed by atoms with Crippen molar-refractivity contribution in [3.05, 3.63) is 41.5 Å². The molecule has 6 aliphatic rings. The molecule has 2 N–H and O–H groups in total. The molecule has 2 aromatic heterocycles. The van der Waals surface area contributed by atoms with Crippen molar-refractivity contribution in [2.24, 2.45) is 5.41 Å². The number of rotatable bonds is 7. The van der Waals surface area contributed by atoms with Gasteiger partial charge in [0.25, 0.3) is 0 Å². The number of aromatic hydroxyl groups is 1. The fraction of sp³-hybridized carbons (Fsp3) is 0.528. The molecule has 5 atom stereocenters. The molecule has 10 rings (SSSR count). The zero-order chi connectivity index (χ0) is 32.3. The van der Waals surface area contributed by atoms with Crippen LogP contribution in [0.2, 0.25) is 0 Å². The van der Waals surface area contributed by atoms with E-state index in [-0.39, 0.29) is 51.9 Å². The minimum Gasteiger partial charge on any atom is -0.508 e. The van der Waals surface area contributed by atoms with Crippen molar-refractivity contribution in [2.75, 3.05) is 44.4 Å². The Bertz CT molecular complexity index is 1990. The first-order valence-corrected chi connectivity index (χ1v) is 17.4. The summed E-state index contributed by atoms with van der Waals surface area (Å²) >= 11 is 0. The smallest absolute Gasteiger partial charge is 0.319 e. The average molecular weight is 657 g/mol. The number of phenols is 1. The predicted molar refractivity (Wildman–Crippen MR) is 175 cm³/mol. The van der Waals surface area contributed by atoms with E-state index in [4.69, 9.17) is 29.2 Å². The number of phenolic OH excluding ortho intramolecular Hbond substituents is 1. The number of hydrogen-bond donors (Lipinski definition) is 2. The quantitative estimate of drug-likeness (QED) is 0.290. The van der Waals surface area contributed by atoms with Crippen LogP contribution in [0.25, 0.3) is 32.9 Å². The van der Waals surface area contributed by atoms with E-state index in [1.54, 1.807) is 12.1 Å². The molecule has 48 heavy (non-hydrogen) atoms. The molecule has 0 unspecified atom stereocenters. The molecular weight excluding hydrogens is 618 g/mol. The predicted octanol–water partition coefficient (Wildman–Crippen LogP) is 4.72. The molecule has 2 aromatic carbocycles. The zero-order valence-electron chi connectivity index (χ0n) is 26.8. The third kappa shape index (κ3) is 4.48. The van der Waals surface area contributed by atoms with Gasteiger partial charge in [-0.15, -0.1) is 0 Å². The number of piperazine rings is 1. The van der Waals surface area contributed by atoms with Crippen molar-refractivity contribution >= 4 is 27.5 Å². The van der Waals surface area contributed by atoms with Gasteiger partial charge in [-0.3, -0.25) is 4.90 Å². The van der Waals surface area contributed by atoms with Crippen LogP contribution in [0.5, 0.6) is 17.6 Å². The number of morpholine rings is 1. The van der Waals surface area contributed by atoms with Gasteiger partial charge in [-0.2, -0.15) is 9.97 Å². The van der Waals surface area contributed by atoms with Crippen molar-refractivity contribution in [1.82, 2.24) is 25.2 Å². The van der Waals surface area contributed by atoms with Gasteiger partial charge >= 0.3 is 6.01 Å². The Kier molecular flexibility index (Phi) is 6.40. The van der Waals surface area contributed by atoms with Gasteiger partial charge in [0.2, 0.25) is 5.88 Å². The maximum Gasteiger partial charge on any atom is 0.319 e. The topological polar surface area (TPSA) is 105 Å². The first-order valence-electron chi connectivity index (χ1n) is 17.4. The number of anilines is 1. The highest BCUT2D eigenvalue weighted by Gasteiger charge is 2.50. The summed E-state index contributed by atoms with van der Waals surface area (Å²) < 4.78 is 50.9. The molecule has 1 saturated carbocycles. The highest BCUT2D eigenvalue weighted by molar-refractivity contribution is 6.03. The lowest BCUT2D eigenvalue weighted by Crippen LogP contribution is -2.60. The summed E-state index contributed by atoms with van der Waals surface area (Å²) in [6.07, 6.45) is 6.01. The van der Waals surface area contributed by atoms with Gasteiger partial charge in [-0.05, 0) is 73.1 Å². The standard InChI is InChI=1S/C36H38F2N6O4/c1-2-23-25(37)5-3-18-9-21(45)11-24(28(18)23)31-30(38)32-29-33(44-12-19-4-6-26(39-19)27(44)15-47-34(29)40-31)42-35(41-32)48-17-36(7-8-36)16-43-13-22-10-20(43)14-46-22/h3,5,9,11,19-20,22,26-27,39,45H,2,4,6-8,10,12-17H2,1H3/t19-,20+,22+,26+,27+/m1/s1. The van der Waals surface area contributed by atoms with Gasteiger partial charge in [-0.1, -0.05) is 13.0 Å². The lowest BCUT2D eigenvalue weighted by molar-refractivity contribution is 0.0176. The largest absolute Gasteiger partial charge is 0.508 e. The number of aryl methyl sites for hydroxylation is 1. The van der Waals surface area contributed by atoms with Crippen LogP contribution in [-0.2, 0) is 11.2 Å². The third-order valence-corrected chi connectivity index (χ3v) is 11.7. The third-order valence-electron chi connectivity index (χ3n) is 11.7. The minimum absolute atomic E-state index is 0.0188. The number of likely N-dealkylation sites (tertiary alicyclic amines) is 1. The molecule has 0 radical (unpaired) electrons. The maximum atomic E-state index is 17.1. The second-order valence-electron chi connectivity index (χ2n) is 14.7.